The summed E-state index contributed by atoms with van der Waals surface area (Å²) >= 11 is 12.6. The van der Waals surface area contributed by atoms with Gasteiger partial charge in [0.1, 0.15) is 0 Å². The lowest BCUT2D eigenvalue weighted by molar-refractivity contribution is -0.157. The van der Waals surface area contributed by atoms with Crippen molar-refractivity contribution in [3.63, 3.8) is 0 Å². The lowest BCUT2D eigenvalue weighted by Gasteiger charge is -2.52. The van der Waals surface area contributed by atoms with Gasteiger partial charge in [-0.2, -0.15) is 0 Å². The molecule has 1 saturated carbocycles. The van der Waals surface area contributed by atoms with E-state index >= 15 is 0 Å². The first-order valence-electron chi connectivity index (χ1n) is 13.0. The zero-order valence-corrected chi connectivity index (χ0v) is 24.6. The Hall–Kier alpha value is -2.09. The molecule has 4 atom stereocenters. The fourth-order valence-corrected chi connectivity index (χ4v) is 7.40. The molecule has 206 valence electrons. The largest absolute Gasteiger partial charge is 0.370 e. The van der Waals surface area contributed by atoms with E-state index in [0.717, 1.165) is 24.0 Å². The van der Waals surface area contributed by atoms with Crippen LogP contribution in [0.3, 0.4) is 0 Å². The number of halogens is 2. The van der Waals surface area contributed by atoms with E-state index in [1.807, 2.05) is 30.3 Å². The van der Waals surface area contributed by atoms with E-state index < -0.39 is 38.0 Å². The van der Waals surface area contributed by atoms with Crippen LogP contribution >= 0.6 is 23.2 Å². The Morgan fingerprint density at radius 3 is 2.24 bits per heavy atom. The van der Waals surface area contributed by atoms with Crippen molar-refractivity contribution in [1.82, 2.24) is 4.90 Å². The van der Waals surface area contributed by atoms with E-state index in [1.165, 1.54) is 0 Å². The summed E-state index contributed by atoms with van der Waals surface area (Å²) in [6.45, 7) is 6.83. The van der Waals surface area contributed by atoms with Crippen molar-refractivity contribution in [1.29, 1.82) is 0 Å². The normalized spacial score (nSPS) is 25.3. The SMILES string of the molecule is CC(C)(C)S(=O)(=O)CC(C1CC1)N1C(=O)[C@@](C)(CC(N)=O)C[C@H](c2cccc(Cl)c2)[C@H]1c1ccc(Cl)cc1. The molecule has 1 aliphatic carbocycles. The number of benzene rings is 2. The van der Waals surface area contributed by atoms with Crippen LogP contribution in [0.5, 0.6) is 0 Å². The number of nitrogens with two attached hydrogens (primary N) is 1. The van der Waals surface area contributed by atoms with Gasteiger partial charge in [0.25, 0.3) is 0 Å². The second-order valence-electron chi connectivity index (χ2n) is 12.1. The number of piperidine rings is 1. The molecule has 2 aromatic carbocycles. The first kappa shape index (κ1) is 28.9. The number of amides is 2. The summed E-state index contributed by atoms with van der Waals surface area (Å²) in [5.41, 5.74) is 6.33. The number of hydrogen-bond acceptors (Lipinski definition) is 4. The minimum absolute atomic E-state index is 0.0572. The molecular formula is C29H36Cl2N2O4S. The van der Waals surface area contributed by atoms with Gasteiger partial charge in [0.2, 0.25) is 11.8 Å². The molecule has 2 N–H and O–H groups in total. The van der Waals surface area contributed by atoms with Gasteiger partial charge in [0.15, 0.2) is 9.84 Å². The third-order valence-corrected chi connectivity index (χ3v) is 11.1. The third-order valence-electron chi connectivity index (χ3n) is 8.00. The Kier molecular flexibility index (Phi) is 7.97. The number of primary amides is 1. The molecule has 1 saturated heterocycles. The van der Waals surface area contributed by atoms with Crippen LogP contribution in [-0.2, 0) is 19.4 Å². The van der Waals surface area contributed by atoms with Gasteiger partial charge in [-0.1, -0.05) is 54.4 Å². The molecular weight excluding hydrogens is 543 g/mol. The highest BCUT2D eigenvalue weighted by Gasteiger charge is 2.55. The molecule has 0 aromatic heterocycles. The number of sulfone groups is 1. The minimum Gasteiger partial charge on any atom is -0.370 e. The molecule has 0 spiro atoms. The Morgan fingerprint density at radius 2 is 1.71 bits per heavy atom. The van der Waals surface area contributed by atoms with Gasteiger partial charge in [-0.25, -0.2) is 8.42 Å². The molecule has 6 nitrogen and oxygen atoms in total. The molecule has 2 fully saturated rings. The predicted molar refractivity (Wildman–Crippen MR) is 152 cm³/mol. The predicted octanol–water partition coefficient (Wildman–Crippen LogP) is 5.92. The summed E-state index contributed by atoms with van der Waals surface area (Å²) in [4.78, 5) is 28.4. The molecule has 1 heterocycles. The molecule has 2 amide bonds. The van der Waals surface area contributed by atoms with Gasteiger partial charge < -0.3 is 10.6 Å². The zero-order valence-electron chi connectivity index (χ0n) is 22.3. The van der Waals surface area contributed by atoms with E-state index in [0.29, 0.717) is 16.5 Å². The second kappa shape index (κ2) is 10.5. The smallest absolute Gasteiger partial charge is 0.229 e. The summed E-state index contributed by atoms with van der Waals surface area (Å²) in [5, 5.41) is 1.13. The highest BCUT2D eigenvalue weighted by Crippen LogP contribution is 2.54. The standard InChI is InChI=1S/C29H36Cl2N2O4S/c1-28(2,3)38(36,37)17-24(18-8-9-18)33-26(19-10-12-21(30)13-11-19)23(20-6-5-7-22(31)14-20)15-29(4,27(33)35)16-25(32)34/h5-7,10-14,18,23-24,26H,8-9,15-17H2,1-4H3,(H2,32,34)/t23-,24?,26-,29-/m1/s1. The maximum absolute atomic E-state index is 14.5. The number of likely N-dealkylation sites (tertiary alicyclic amines) is 1. The van der Waals surface area contributed by atoms with Crippen molar-refractivity contribution in [2.45, 2.75) is 76.1 Å². The Balaban J connectivity index is 1.94. The van der Waals surface area contributed by atoms with Crippen molar-refractivity contribution in [3.05, 3.63) is 69.7 Å². The van der Waals surface area contributed by atoms with Crippen molar-refractivity contribution >= 4 is 44.9 Å². The van der Waals surface area contributed by atoms with E-state index in [1.54, 1.807) is 50.8 Å². The Labute approximate surface area is 235 Å². The zero-order chi connectivity index (χ0) is 28.0. The fraction of sp³-hybridized carbons (Fsp3) is 0.517. The molecule has 1 aliphatic heterocycles. The second-order valence-corrected chi connectivity index (χ2v) is 15.7. The highest BCUT2D eigenvalue weighted by molar-refractivity contribution is 7.92. The number of rotatable bonds is 8. The van der Waals surface area contributed by atoms with Crippen molar-refractivity contribution < 1.29 is 18.0 Å². The van der Waals surface area contributed by atoms with E-state index in [4.69, 9.17) is 28.9 Å². The average molecular weight is 580 g/mol. The molecule has 9 heteroatoms. The maximum atomic E-state index is 14.5. The van der Waals surface area contributed by atoms with E-state index in [-0.39, 0.29) is 29.9 Å². The number of nitrogens with zero attached hydrogens (tertiary/aromatic N) is 1. The van der Waals surface area contributed by atoms with E-state index in [2.05, 4.69) is 0 Å². The minimum atomic E-state index is -3.56. The van der Waals surface area contributed by atoms with Crippen LogP contribution in [-0.4, -0.2) is 41.7 Å². The van der Waals surface area contributed by atoms with Gasteiger partial charge in [0.05, 0.1) is 22.0 Å². The fourth-order valence-electron chi connectivity index (χ4n) is 5.69. The molecule has 4 rings (SSSR count). The summed E-state index contributed by atoms with van der Waals surface area (Å²) in [7, 11) is -3.56. The average Bonchev–Trinajstić information content (AvgIpc) is 3.64. The number of carbonyl (C=O) groups is 2. The molecule has 1 unspecified atom stereocenters. The molecule has 2 aliphatic rings. The van der Waals surface area contributed by atoms with Crippen molar-refractivity contribution in [3.8, 4) is 0 Å². The maximum Gasteiger partial charge on any atom is 0.229 e. The molecule has 0 radical (unpaired) electrons. The van der Waals surface area contributed by atoms with Crippen molar-refractivity contribution in [2.75, 3.05) is 5.75 Å². The van der Waals surface area contributed by atoms with Crippen LogP contribution in [0.15, 0.2) is 48.5 Å². The summed E-state index contributed by atoms with van der Waals surface area (Å²) in [6, 6.07) is 13.8. The summed E-state index contributed by atoms with van der Waals surface area (Å²) < 4.78 is 26.1. The quantitative estimate of drug-likeness (QED) is 0.420. The monoisotopic (exact) mass is 578 g/mol. The molecule has 0 bridgehead atoms. The summed E-state index contributed by atoms with van der Waals surface area (Å²) in [6.07, 6.45) is 1.92. The summed E-state index contributed by atoms with van der Waals surface area (Å²) in [5.74, 6) is -1.15. The first-order valence-corrected chi connectivity index (χ1v) is 15.4. The van der Waals surface area contributed by atoms with Crippen LogP contribution in [0.25, 0.3) is 0 Å². The van der Waals surface area contributed by atoms with Crippen LogP contribution < -0.4 is 5.73 Å². The van der Waals surface area contributed by atoms with Crippen LogP contribution in [0.4, 0.5) is 0 Å². The number of hydrogen-bond donors (Lipinski definition) is 1. The lowest BCUT2D eigenvalue weighted by Crippen LogP contribution is -2.59. The third kappa shape index (κ3) is 5.90. The molecule has 2 aromatic rings. The van der Waals surface area contributed by atoms with Crippen LogP contribution in [0.2, 0.25) is 10.0 Å². The number of carbonyl (C=O) groups excluding carboxylic acids is 2. The van der Waals surface area contributed by atoms with E-state index in [9.17, 15) is 18.0 Å². The van der Waals surface area contributed by atoms with Gasteiger partial charge in [-0.05, 0) is 81.3 Å². The topological polar surface area (TPSA) is 97.5 Å². The Morgan fingerprint density at radius 1 is 1.08 bits per heavy atom. The molecule has 38 heavy (non-hydrogen) atoms. The van der Waals surface area contributed by atoms with Crippen LogP contribution in [0, 0.1) is 11.3 Å². The van der Waals surface area contributed by atoms with Gasteiger partial charge in [0, 0.05) is 28.4 Å². The first-order chi connectivity index (χ1) is 17.6. The Bertz CT molecular complexity index is 1320. The van der Waals surface area contributed by atoms with Gasteiger partial charge in [-0.3, -0.25) is 9.59 Å². The lowest BCUT2D eigenvalue weighted by atomic mass is 9.67. The van der Waals surface area contributed by atoms with Crippen LogP contribution in [0.1, 0.15) is 76.5 Å². The highest BCUT2D eigenvalue weighted by atomic mass is 35.5. The van der Waals surface area contributed by atoms with Crippen molar-refractivity contribution in [2.24, 2.45) is 17.1 Å². The van der Waals surface area contributed by atoms with Gasteiger partial charge >= 0.3 is 0 Å². The van der Waals surface area contributed by atoms with Gasteiger partial charge in [-0.15, -0.1) is 0 Å².